The summed E-state index contributed by atoms with van der Waals surface area (Å²) in [5.41, 5.74) is -0.305. The van der Waals surface area contributed by atoms with Crippen molar-refractivity contribution in [2.75, 3.05) is 26.2 Å². The van der Waals surface area contributed by atoms with Gasteiger partial charge in [0.15, 0.2) is 0 Å². The number of halogens is 5. The summed E-state index contributed by atoms with van der Waals surface area (Å²) in [5.74, 6) is -0.549. The minimum atomic E-state index is -4.70. The second-order valence-electron chi connectivity index (χ2n) is 7.05. The number of alkyl halides is 3. The molecular formula is C20H19ClF4N2O3S. The molecule has 31 heavy (non-hydrogen) atoms. The smallest absolute Gasteiger partial charge is 0.340 e. The molecule has 1 heterocycles. The molecule has 0 spiro atoms. The van der Waals surface area contributed by atoms with Crippen molar-refractivity contribution in [3.8, 4) is 0 Å². The fourth-order valence-corrected chi connectivity index (χ4v) is 5.18. The number of hydrogen-bond donors (Lipinski definition) is 0. The SMILES string of the molecule is O=C(CCc1ccc(F)cc1)N1CCN(S(=O)(=O)c2cc(C(F)(F)F)ccc2Cl)CC1. The van der Waals surface area contributed by atoms with Crippen LogP contribution < -0.4 is 0 Å². The second-order valence-corrected chi connectivity index (χ2v) is 9.37. The Morgan fingerprint density at radius 3 is 2.19 bits per heavy atom. The Balaban J connectivity index is 1.63. The molecule has 5 nitrogen and oxygen atoms in total. The predicted molar refractivity (Wildman–Crippen MR) is 107 cm³/mol. The summed E-state index contributed by atoms with van der Waals surface area (Å²) in [6.07, 6.45) is -4.11. The van der Waals surface area contributed by atoms with Crippen molar-refractivity contribution in [2.24, 2.45) is 0 Å². The molecule has 0 aliphatic carbocycles. The first-order chi connectivity index (χ1) is 14.5. The van der Waals surface area contributed by atoms with E-state index in [-0.39, 0.29) is 49.3 Å². The highest BCUT2D eigenvalue weighted by atomic mass is 35.5. The van der Waals surface area contributed by atoms with Crippen molar-refractivity contribution in [3.63, 3.8) is 0 Å². The molecule has 11 heteroatoms. The van der Waals surface area contributed by atoms with Crippen LogP contribution in [0.3, 0.4) is 0 Å². The minimum absolute atomic E-state index is 0.0583. The lowest BCUT2D eigenvalue weighted by molar-refractivity contribution is -0.137. The maximum absolute atomic E-state index is 13.0. The molecule has 1 aliphatic rings. The lowest BCUT2D eigenvalue weighted by Gasteiger charge is -2.34. The van der Waals surface area contributed by atoms with Crippen molar-refractivity contribution in [3.05, 3.63) is 64.4 Å². The summed E-state index contributed by atoms with van der Waals surface area (Å²) in [6, 6.07) is 7.95. The average Bonchev–Trinajstić information content (AvgIpc) is 2.72. The van der Waals surface area contributed by atoms with Crippen LogP contribution in [0.2, 0.25) is 5.02 Å². The van der Waals surface area contributed by atoms with E-state index in [1.165, 1.54) is 17.0 Å². The van der Waals surface area contributed by atoms with Gasteiger partial charge in [0.25, 0.3) is 0 Å². The summed E-state index contributed by atoms with van der Waals surface area (Å²) < 4.78 is 78.6. The van der Waals surface area contributed by atoms with Crippen LogP contribution in [0.5, 0.6) is 0 Å². The van der Waals surface area contributed by atoms with Gasteiger partial charge in [-0.25, -0.2) is 12.8 Å². The molecule has 1 fully saturated rings. The third-order valence-corrected chi connectivity index (χ3v) is 7.39. The van der Waals surface area contributed by atoms with Gasteiger partial charge in [-0.2, -0.15) is 17.5 Å². The lowest BCUT2D eigenvalue weighted by Crippen LogP contribution is -2.50. The summed E-state index contributed by atoms with van der Waals surface area (Å²) in [4.78, 5) is 13.3. The maximum Gasteiger partial charge on any atom is 0.416 e. The third kappa shape index (κ3) is 5.55. The highest BCUT2D eigenvalue weighted by Gasteiger charge is 2.35. The molecule has 0 N–H and O–H groups in total. The highest BCUT2D eigenvalue weighted by molar-refractivity contribution is 7.89. The Hall–Kier alpha value is -2.17. The Kier molecular flexibility index (Phi) is 6.92. The lowest BCUT2D eigenvalue weighted by atomic mass is 10.1. The molecule has 1 aliphatic heterocycles. The number of aryl methyl sites for hydroxylation is 1. The number of carbonyl (C=O) groups excluding carboxylic acids is 1. The molecule has 0 radical (unpaired) electrons. The van der Waals surface area contributed by atoms with Crippen molar-refractivity contribution in [1.29, 1.82) is 0 Å². The third-order valence-electron chi connectivity index (χ3n) is 5.01. The molecule has 0 saturated carbocycles. The van der Waals surface area contributed by atoms with Gasteiger partial charge in [0.05, 0.1) is 10.6 Å². The van der Waals surface area contributed by atoms with Crippen LogP contribution in [-0.4, -0.2) is 49.7 Å². The zero-order chi connectivity index (χ0) is 22.8. The Morgan fingerprint density at radius 2 is 1.61 bits per heavy atom. The molecule has 0 atom stereocenters. The largest absolute Gasteiger partial charge is 0.416 e. The van der Waals surface area contributed by atoms with Gasteiger partial charge in [0, 0.05) is 32.6 Å². The quantitative estimate of drug-likeness (QED) is 0.611. The molecule has 168 valence electrons. The number of carbonyl (C=O) groups is 1. The van der Waals surface area contributed by atoms with Crippen LogP contribution in [-0.2, 0) is 27.4 Å². The number of rotatable bonds is 5. The summed E-state index contributed by atoms with van der Waals surface area (Å²) in [7, 11) is -4.26. The Labute approximate surface area is 182 Å². The first kappa shape index (κ1) is 23.5. The van der Waals surface area contributed by atoms with Crippen molar-refractivity contribution >= 4 is 27.5 Å². The highest BCUT2D eigenvalue weighted by Crippen LogP contribution is 2.34. The van der Waals surface area contributed by atoms with Gasteiger partial charge >= 0.3 is 6.18 Å². The van der Waals surface area contributed by atoms with E-state index in [0.29, 0.717) is 12.5 Å². The predicted octanol–water partition coefficient (Wildman–Crippen LogP) is 3.96. The average molecular weight is 479 g/mol. The van der Waals surface area contributed by atoms with Gasteiger partial charge in [-0.05, 0) is 42.3 Å². The van der Waals surface area contributed by atoms with Gasteiger partial charge in [-0.1, -0.05) is 23.7 Å². The first-order valence-electron chi connectivity index (χ1n) is 9.37. The van der Waals surface area contributed by atoms with Gasteiger partial charge in [-0.15, -0.1) is 0 Å². The minimum Gasteiger partial charge on any atom is -0.340 e. The number of piperazine rings is 1. The standard InChI is InChI=1S/C20H19ClF4N2O3S/c21-17-7-4-15(20(23,24)25)13-18(17)31(29,30)27-11-9-26(10-12-27)19(28)8-3-14-1-5-16(22)6-2-14/h1-2,4-7,13H,3,8-12H2. The van der Waals surface area contributed by atoms with Crippen molar-refractivity contribution in [1.82, 2.24) is 9.21 Å². The van der Waals surface area contributed by atoms with Crippen LogP contribution >= 0.6 is 11.6 Å². The van der Waals surface area contributed by atoms with Gasteiger partial charge < -0.3 is 4.90 Å². The van der Waals surface area contributed by atoms with E-state index >= 15 is 0 Å². The Bertz CT molecular complexity index is 1050. The molecule has 0 bridgehead atoms. The van der Waals surface area contributed by atoms with E-state index in [0.717, 1.165) is 22.0 Å². The number of hydrogen-bond acceptors (Lipinski definition) is 3. The summed E-state index contributed by atoms with van der Waals surface area (Å²) >= 11 is 5.88. The zero-order valence-corrected chi connectivity index (χ0v) is 17.8. The molecular weight excluding hydrogens is 460 g/mol. The molecule has 2 aromatic rings. The van der Waals surface area contributed by atoms with Gasteiger partial charge in [0.1, 0.15) is 10.7 Å². The van der Waals surface area contributed by atoms with Gasteiger partial charge in [0.2, 0.25) is 15.9 Å². The first-order valence-corrected chi connectivity index (χ1v) is 11.2. The van der Waals surface area contributed by atoms with E-state index < -0.39 is 26.7 Å². The number of nitrogens with zero attached hydrogens (tertiary/aromatic N) is 2. The maximum atomic E-state index is 13.0. The van der Waals surface area contributed by atoms with Crippen LogP contribution in [0.4, 0.5) is 17.6 Å². The second kappa shape index (κ2) is 9.13. The normalized spacial score (nSPS) is 15.8. The van der Waals surface area contributed by atoms with Crippen LogP contribution in [0, 0.1) is 5.82 Å². The van der Waals surface area contributed by atoms with Crippen LogP contribution in [0.15, 0.2) is 47.4 Å². The molecule has 3 rings (SSSR count). The van der Waals surface area contributed by atoms with Crippen molar-refractivity contribution < 1.29 is 30.8 Å². The van der Waals surface area contributed by atoms with Crippen LogP contribution in [0.25, 0.3) is 0 Å². The summed E-state index contributed by atoms with van der Waals surface area (Å²) in [6.45, 7) is 0.102. The van der Waals surface area contributed by atoms with E-state index in [1.807, 2.05) is 0 Å². The molecule has 0 aromatic heterocycles. The van der Waals surface area contributed by atoms with E-state index in [1.54, 1.807) is 12.1 Å². The molecule has 1 amide bonds. The van der Waals surface area contributed by atoms with E-state index in [9.17, 15) is 30.8 Å². The summed E-state index contributed by atoms with van der Waals surface area (Å²) in [5, 5.41) is -0.300. The zero-order valence-electron chi connectivity index (χ0n) is 16.2. The number of benzene rings is 2. The van der Waals surface area contributed by atoms with E-state index in [2.05, 4.69) is 0 Å². The van der Waals surface area contributed by atoms with Crippen LogP contribution in [0.1, 0.15) is 17.5 Å². The fourth-order valence-electron chi connectivity index (χ4n) is 3.25. The molecule has 2 aromatic carbocycles. The molecule has 0 unspecified atom stereocenters. The van der Waals surface area contributed by atoms with Crippen molar-refractivity contribution in [2.45, 2.75) is 23.9 Å². The topological polar surface area (TPSA) is 57.7 Å². The Morgan fingerprint density at radius 1 is 1.00 bits per heavy atom. The van der Waals surface area contributed by atoms with Gasteiger partial charge in [-0.3, -0.25) is 4.79 Å². The fraction of sp³-hybridized carbons (Fsp3) is 0.350. The monoisotopic (exact) mass is 478 g/mol. The number of sulfonamides is 1. The van der Waals surface area contributed by atoms with E-state index in [4.69, 9.17) is 11.6 Å². The molecule has 1 saturated heterocycles. The number of amides is 1.